The summed E-state index contributed by atoms with van der Waals surface area (Å²) in [6.07, 6.45) is 2.83. The van der Waals surface area contributed by atoms with E-state index >= 15 is 0 Å². The van der Waals surface area contributed by atoms with Crippen LogP contribution in [-0.2, 0) is 19.6 Å². The van der Waals surface area contributed by atoms with Crippen LogP contribution in [0, 0.1) is 5.92 Å². The van der Waals surface area contributed by atoms with Gasteiger partial charge in [0, 0.05) is 48.7 Å². The minimum atomic E-state index is -3.90. The van der Waals surface area contributed by atoms with E-state index in [0.29, 0.717) is 38.9 Å². The van der Waals surface area contributed by atoms with E-state index in [1.54, 1.807) is 21.0 Å². The Kier molecular flexibility index (Phi) is 8.97. The number of ether oxygens (including phenoxy) is 1. The van der Waals surface area contributed by atoms with Crippen LogP contribution < -0.4 is 0 Å². The molecule has 7 nitrogen and oxygen atoms in total. The molecule has 1 amide bonds. The van der Waals surface area contributed by atoms with Gasteiger partial charge in [0.2, 0.25) is 16.4 Å². The number of aliphatic hydroxyl groups is 1. The Balaban J connectivity index is 2.41. The van der Waals surface area contributed by atoms with Crippen molar-refractivity contribution in [3.63, 3.8) is 0 Å². The maximum Gasteiger partial charge on any atom is 0.243 e. The number of nitrogens with zero attached hydrogens (tertiary/aromatic N) is 2. The normalized spacial score (nSPS) is 19.5. The molecule has 2 atom stereocenters. The average molecular weight is 481 g/mol. The van der Waals surface area contributed by atoms with Crippen LogP contribution in [0.1, 0.15) is 33.1 Å². The standard InChI is InChI=1S/C20H30Cl2N2O5S/c1-20(2,26)18(13-23(14-25)8-9-29-3)19-6-4-5-7-24(19)30(27,28)17-11-15(21)10-16(22)12-17/h10-12,14,18-19,26H,4-9,13H2,1-3H3/t18-,19?/m0/s1. The van der Waals surface area contributed by atoms with Crippen molar-refractivity contribution in [2.24, 2.45) is 5.92 Å². The summed E-state index contributed by atoms with van der Waals surface area (Å²) in [5, 5.41) is 11.4. The Bertz CT molecular complexity index is 809. The third-order valence-corrected chi connectivity index (χ3v) is 7.81. The van der Waals surface area contributed by atoms with Crippen LogP contribution in [-0.4, -0.2) is 74.1 Å². The van der Waals surface area contributed by atoms with Gasteiger partial charge in [-0.3, -0.25) is 4.79 Å². The number of rotatable bonds is 10. The summed E-state index contributed by atoms with van der Waals surface area (Å²) in [4.78, 5) is 13.1. The van der Waals surface area contributed by atoms with Gasteiger partial charge in [0.05, 0.1) is 17.1 Å². The van der Waals surface area contributed by atoms with E-state index in [4.69, 9.17) is 27.9 Å². The molecule has 0 spiro atoms. The Morgan fingerprint density at radius 3 is 2.47 bits per heavy atom. The van der Waals surface area contributed by atoms with E-state index in [-0.39, 0.29) is 21.5 Å². The molecule has 0 saturated carbocycles. The minimum absolute atomic E-state index is 0.0213. The lowest BCUT2D eigenvalue weighted by Gasteiger charge is -2.45. The number of methoxy groups -OCH3 is 1. The largest absolute Gasteiger partial charge is 0.390 e. The van der Waals surface area contributed by atoms with Gasteiger partial charge < -0.3 is 14.7 Å². The van der Waals surface area contributed by atoms with Gasteiger partial charge in [-0.1, -0.05) is 29.6 Å². The first kappa shape index (κ1) is 25.4. The fraction of sp³-hybridized carbons (Fsp3) is 0.650. The van der Waals surface area contributed by atoms with Gasteiger partial charge in [-0.25, -0.2) is 8.42 Å². The molecule has 0 radical (unpaired) electrons. The zero-order valence-corrected chi connectivity index (χ0v) is 19.9. The first-order valence-corrected chi connectivity index (χ1v) is 12.1. The Morgan fingerprint density at radius 2 is 1.93 bits per heavy atom. The quantitative estimate of drug-likeness (QED) is 0.520. The van der Waals surface area contributed by atoms with Gasteiger partial charge in [0.15, 0.2) is 0 Å². The third kappa shape index (κ3) is 6.31. The molecule has 10 heteroatoms. The Labute approximate surface area is 188 Å². The van der Waals surface area contributed by atoms with Gasteiger partial charge in [-0.05, 0) is 44.9 Å². The highest BCUT2D eigenvalue weighted by Crippen LogP contribution is 2.35. The minimum Gasteiger partial charge on any atom is -0.390 e. The molecule has 1 aliphatic rings. The van der Waals surface area contributed by atoms with Gasteiger partial charge in [0.1, 0.15) is 0 Å². The van der Waals surface area contributed by atoms with E-state index in [1.807, 2.05) is 0 Å². The molecule has 170 valence electrons. The predicted molar refractivity (Wildman–Crippen MR) is 117 cm³/mol. The van der Waals surface area contributed by atoms with E-state index in [9.17, 15) is 18.3 Å². The summed E-state index contributed by atoms with van der Waals surface area (Å²) in [5.41, 5.74) is -1.21. The van der Waals surface area contributed by atoms with Crippen LogP contribution in [0.2, 0.25) is 10.0 Å². The molecular weight excluding hydrogens is 451 g/mol. The Hall–Kier alpha value is -0.900. The molecule has 1 fully saturated rings. The molecule has 1 aliphatic heterocycles. The van der Waals surface area contributed by atoms with Gasteiger partial charge >= 0.3 is 0 Å². The van der Waals surface area contributed by atoms with Crippen LogP contribution in [0.15, 0.2) is 23.1 Å². The second-order valence-electron chi connectivity index (χ2n) is 8.14. The summed E-state index contributed by atoms with van der Waals surface area (Å²) in [7, 11) is -2.36. The maximum atomic E-state index is 13.5. The SMILES string of the molecule is COCCN(C=O)C[C@@H](C1CCCCN1S(=O)(=O)c1cc(Cl)cc(Cl)c1)C(C)(C)O. The summed E-state index contributed by atoms with van der Waals surface area (Å²) >= 11 is 12.1. The van der Waals surface area contributed by atoms with Gasteiger partial charge in [0.25, 0.3) is 0 Å². The maximum absolute atomic E-state index is 13.5. The summed E-state index contributed by atoms with van der Waals surface area (Å²) in [6, 6.07) is 3.76. The van der Waals surface area contributed by atoms with Crippen molar-refractivity contribution in [3.8, 4) is 0 Å². The van der Waals surface area contributed by atoms with Crippen LogP contribution in [0.3, 0.4) is 0 Å². The number of hydrogen-bond donors (Lipinski definition) is 1. The molecule has 1 N–H and O–H groups in total. The molecule has 0 aromatic heterocycles. The molecule has 1 saturated heterocycles. The smallest absolute Gasteiger partial charge is 0.243 e. The molecule has 1 aromatic carbocycles. The molecule has 0 aliphatic carbocycles. The third-order valence-electron chi connectivity index (χ3n) is 5.48. The van der Waals surface area contributed by atoms with Crippen molar-refractivity contribution >= 4 is 39.6 Å². The van der Waals surface area contributed by atoms with E-state index in [1.165, 1.54) is 27.4 Å². The van der Waals surface area contributed by atoms with Gasteiger partial charge in [-0.15, -0.1) is 0 Å². The van der Waals surface area contributed by atoms with E-state index in [0.717, 1.165) is 6.42 Å². The van der Waals surface area contributed by atoms with E-state index < -0.39 is 27.6 Å². The molecular formula is C20H30Cl2N2O5S. The van der Waals surface area contributed by atoms with Crippen molar-refractivity contribution in [1.82, 2.24) is 9.21 Å². The highest BCUT2D eigenvalue weighted by Gasteiger charge is 2.44. The summed E-state index contributed by atoms with van der Waals surface area (Å²) in [6.45, 7) is 4.53. The van der Waals surface area contributed by atoms with Crippen molar-refractivity contribution in [1.29, 1.82) is 0 Å². The zero-order chi connectivity index (χ0) is 22.5. The number of carbonyl (C=O) groups excluding carboxylic acids is 1. The first-order valence-electron chi connectivity index (χ1n) is 9.89. The predicted octanol–water partition coefficient (Wildman–Crippen LogP) is 3.03. The Morgan fingerprint density at radius 1 is 1.30 bits per heavy atom. The number of amides is 1. The van der Waals surface area contributed by atoms with Crippen molar-refractivity contribution in [3.05, 3.63) is 28.2 Å². The van der Waals surface area contributed by atoms with Crippen LogP contribution in [0.5, 0.6) is 0 Å². The summed E-state index contributed by atoms with van der Waals surface area (Å²) < 4.78 is 33.4. The molecule has 1 unspecified atom stereocenters. The monoisotopic (exact) mass is 480 g/mol. The van der Waals surface area contributed by atoms with Crippen molar-refractivity contribution in [2.45, 2.75) is 49.6 Å². The molecule has 1 heterocycles. The number of benzene rings is 1. The van der Waals surface area contributed by atoms with Crippen LogP contribution in [0.4, 0.5) is 0 Å². The average Bonchev–Trinajstić information content (AvgIpc) is 2.66. The topological polar surface area (TPSA) is 87.2 Å². The van der Waals surface area contributed by atoms with Crippen molar-refractivity contribution in [2.75, 3.05) is 33.4 Å². The lowest BCUT2D eigenvalue weighted by atomic mass is 9.80. The van der Waals surface area contributed by atoms with Crippen LogP contribution in [0.25, 0.3) is 0 Å². The second-order valence-corrected chi connectivity index (χ2v) is 10.9. The molecule has 2 rings (SSSR count). The molecule has 30 heavy (non-hydrogen) atoms. The highest BCUT2D eigenvalue weighted by atomic mass is 35.5. The van der Waals surface area contributed by atoms with Gasteiger partial charge in [-0.2, -0.15) is 4.31 Å². The van der Waals surface area contributed by atoms with Crippen LogP contribution >= 0.6 is 23.2 Å². The summed E-state index contributed by atoms with van der Waals surface area (Å²) in [5.74, 6) is -0.496. The number of sulfonamides is 1. The fourth-order valence-electron chi connectivity index (χ4n) is 3.91. The van der Waals surface area contributed by atoms with E-state index in [2.05, 4.69) is 0 Å². The molecule has 0 bridgehead atoms. The highest BCUT2D eigenvalue weighted by molar-refractivity contribution is 7.89. The fourth-order valence-corrected chi connectivity index (χ4v) is 6.36. The molecule has 1 aromatic rings. The second kappa shape index (κ2) is 10.6. The lowest BCUT2D eigenvalue weighted by Crippen LogP contribution is -2.56. The van der Waals surface area contributed by atoms with Crippen molar-refractivity contribution < 1.29 is 23.1 Å². The number of halogens is 2. The number of carbonyl (C=O) groups is 1. The number of hydrogen-bond acceptors (Lipinski definition) is 5. The first-order chi connectivity index (χ1) is 14.0. The zero-order valence-electron chi connectivity index (χ0n) is 17.6. The lowest BCUT2D eigenvalue weighted by molar-refractivity contribution is -0.121. The number of piperidine rings is 1.